The van der Waals surface area contributed by atoms with Gasteiger partial charge in [-0.25, -0.2) is 13.4 Å². The standard InChI is InChI=1S/C22H24N2O4S2/c1-22(2,26)20-11-24-21(29-20)30(27,28)12-13(25)9-18-14-5-3-7-16(14)19(10-23)17-8-4-6-15(17)18/h11,26H,3-9,12H2,1-2H3. The maximum absolute atomic E-state index is 12.8. The van der Waals surface area contributed by atoms with Crippen LogP contribution in [-0.2, 0) is 52.3 Å². The average Bonchev–Trinajstić information content (AvgIpc) is 3.40. The van der Waals surface area contributed by atoms with E-state index in [9.17, 15) is 23.6 Å². The molecule has 1 aromatic carbocycles. The molecule has 0 atom stereocenters. The van der Waals surface area contributed by atoms with Crippen molar-refractivity contribution in [3.05, 3.63) is 44.5 Å². The number of aliphatic hydroxyl groups is 1. The Morgan fingerprint density at radius 2 is 1.73 bits per heavy atom. The summed E-state index contributed by atoms with van der Waals surface area (Å²) in [6, 6.07) is 2.37. The lowest BCUT2D eigenvalue weighted by molar-refractivity contribution is -0.116. The molecule has 6 nitrogen and oxygen atoms in total. The zero-order chi connectivity index (χ0) is 21.7. The highest BCUT2D eigenvalue weighted by Gasteiger charge is 2.31. The summed E-state index contributed by atoms with van der Waals surface area (Å²) in [5, 5.41) is 19.7. The second-order valence-corrected chi connectivity index (χ2v) is 11.8. The molecule has 30 heavy (non-hydrogen) atoms. The van der Waals surface area contributed by atoms with Gasteiger partial charge in [0.1, 0.15) is 5.75 Å². The number of benzene rings is 1. The molecule has 8 heteroatoms. The molecule has 0 spiro atoms. The summed E-state index contributed by atoms with van der Waals surface area (Å²) in [5.41, 5.74) is 4.90. The lowest BCUT2D eigenvalue weighted by Gasteiger charge is -2.16. The van der Waals surface area contributed by atoms with E-state index in [1.807, 2.05) is 0 Å². The average molecular weight is 445 g/mol. The van der Waals surface area contributed by atoms with Crippen LogP contribution in [0.3, 0.4) is 0 Å². The molecule has 0 unspecified atom stereocenters. The molecule has 0 saturated heterocycles. The number of carbonyl (C=O) groups is 1. The molecule has 1 heterocycles. The topological polar surface area (TPSA) is 108 Å². The highest BCUT2D eigenvalue weighted by atomic mass is 32.2. The molecule has 0 amide bonds. The van der Waals surface area contributed by atoms with Crippen LogP contribution in [0.25, 0.3) is 0 Å². The first kappa shape index (κ1) is 21.2. The minimum atomic E-state index is -3.87. The summed E-state index contributed by atoms with van der Waals surface area (Å²) >= 11 is 0.903. The Labute approximate surface area is 180 Å². The van der Waals surface area contributed by atoms with Crippen LogP contribution in [0.1, 0.15) is 64.9 Å². The lowest BCUT2D eigenvalue weighted by Crippen LogP contribution is -2.20. The predicted molar refractivity (Wildman–Crippen MR) is 113 cm³/mol. The van der Waals surface area contributed by atoms with Gasteiger partial charge in [0.15, 0.2) is 5.78 Å². The van der Waals surface area contributed by atoms with Gasteiger partial charge < -0.3 is 5.11 Å². The molecular formula is C22H24N2O4S2. The third kappa shape index (κ3) is 3.70. The number of nitrogens with zero attached hydrogens (tertiary/aromatic N) is 2. The number of fused-ring (bicyclic) bond motifs is 2. The number of ketones is 1. The van der Waals surface area contributed by atoms with Crippen LogP contribution in [0.5, 0.6) is 0 Å². The number of rotatable bonds is 6. The smallest absolute Gasteiger partial charge is 0.212 e. The van der Waals surface area contributed by atoms with Crippen molar-refractivity contribution in [2.75, 3.05) is 5.75 Å². The first-order chi connectivity index (χ1) is 14.1. The van der Waals surface area contributed by atoms with Gasteiger partial charge >= 0.3 is 0 Å². The fourth-order valence-corrected chi connectivity index (χ4v) is 7.09. The van der Waals surface area contributed by atoms with Crippen molar-refractivity contribution in [3.8, 4) is 6.07 Å². The summed E-state index contributed by atoms with van der Waals surface area (Å²) in [4.78, 5) is 17.2. The SMILES string of the molecule is CC(C)(O)c1cnc(S(=O)(=O)CC(=O)Cc2c3c(c(C#N)c4c2CCC4)CCC3)s1. The van der Waals surface area contributed by atoms with Crippen LogP contribution in [0.4, 0.5) is 0 Å². The second-order valence-electron chi connectivity index (χ2n) is 8.61. The molecule has 0 bridgehead atoms. The Hall–Kier alpha value is -2.08. The van der Waals surface area contributed by atoms with E-state index in [0.717, 1.165) is 83.2 Å². The number of hydrogen-bond donors (Lipinski definition) is 1. The van der Waals surface area contributed by atoms with Gasteiger partial charge in [0.2, 0.25) is 14.2 Å². The van der Waals surface area contributed by atoms with Crippen LogP contribution < -0.4 is 0 Å². The second kappa shape index (κ2) is 7.56. The lowest BCUT2D eigenvalue weighted by atomic mass is 9.87. The van der Waals surface area contributed by atoms with Crippen LogP contribution in [-0.4, -0.2) is 30.0 Å². The van der Waals surface area contributed by atoms with Gasteiger partial charge in [0.25, 0.3) is 0 Å². The molecular weight excluding hydrogens is 420 g/mol. The first-order valence-electron chi connectivity index (χ1n) is 10.1. The third-order valence-electron chi connectivity index (χ3n) is 5.96. The summed E-state index contributed by atoms with van der Waals surface area (Å²) in [6.07, 6.45) is 6.74. The molecule has 1 N–H and O–H groups in total. The Bertz CT molecular complexity index is 1150. The normalized spacial score (nSPS) is 15.7. The number of thiazole rings is 1. The molecule has 2 aliphatic carbocycles. The van der Waals surface area contributed by atoms with Gasteiger partial charge in [0.05, 0.1) is 22.1 Å². The van der Waals surface area contributed by atoms with Gasteiger partial charge in [-0.2, -0.15) is 5.26 Å². The number of carbonyl (C=O) groups excluding carboxylic acids is 1. The van der Waals surface area contributed by atoms with E-state index < -0.39 is 21.2 Å². The van der Waals surface area contributed by atoms with E-state index in [1.165, 1.54) is 6.20 Å². The molecule has 2 aromatic rings. The van der Waals surface area contributed by atoms with E-state index in [-0.39, 0.29) is 16.5 Å². The highest BCUT2D eigenvalue weighted by molar-refractivity contribution is 7.94. The number of aromatic nitrogens is 1. The highest BCUT2D eigenvalue weighted by Crippen LogP contribution is 2.39. The molecule has 0 radical (unpaired) electrons. The van der Waals surface area contributed by atoms with Crippen LogP contribution in [0.2, 0.25) is 0 Å². The number of Topliss-reactive ketones (excluding diaryl/α,β-unsaturated/α-hetero) is 1. The van der Waals surface area contributed by atoms with Gasteiger partial charge in [0, 0.05) is 12.6 Å². The predicted octanol–water partition coefficient (Wildman–Crippen LogP) is 2.81. The zero-order valence-corrected chi connectivity index (χ0v) is 18.8. The van der Waals surface area contributed by atoms with Gasteiger partial charge in [-0.3, -0.25) is 4.79 Å². The summed E-state index contributed by atoms with van der Waals surface area (Å²) < 4.78 is 25.4. The van der Waals surface area contributed by atoms with E-state index in [0.29, 0.717) is 4.88 Å². The summed E-state index contributed by atoms with van der Waals surface area (Å²) in [7, 11) is -3.87. The van der Waals surface area contributed by atoms with Gasteiger partial charge in [-0.05, 0) is 80.2 Å². The maximum atomic E-state index is 12.8. The quantitative estimate of drug-likeness (QED) is 0.734. The minimum Gasteiger partial charge on any atom is -0.385 e. The Morgan fingerprint density at radius 3 is 2.23 bits per heavy atom. The molecule has 0 fully saturated rings. The maximum Gasteiger partial charge on any atom is 0.212 e. The van der Waals surface area contributed by atoms with E-state index >= 15 is 0 Å². The fraction of sp³-hybridized carbons (Fsp3) is 0.500. The largest absolute Gasteiger partial charge is 0.385 e. The van der Waals surface area contributed by atoms with Gasteiger partial charge in [-0.15, -0.1) is 11.3 Å². The van der Waals surface area contributed by atoms with Crippen LogP contribution >= 0.6 is 11.3 Å². The van der Waals surface area contributed by atoms with Crippen molar-refractivity contribution in [1.29, 1.82) is 5.26 Å². The van der Waals surface area contributed by atoms with Crippen molar-refractivity contribution in [2.24, 2.45) is 0 Å². The van der Waals surface area contributed by atoms with Crippen molar-refractivity contribution in [2.45, 2.75) is 68.7 Å². The Kier molecular flexibility index (Phi) is 5.33. The molecule has 0 aliphatic heterocycles. The van der Waals surface area contributed by atoms with Gasteiger partial charge in [-0.1, -0.05) is 0 Å². The minimum absolute atomic E-state index is 0.0827. The van der Waals surface area contributed by atoms with Crippen molar-refractivity contribution in [1.82, 2.24) is 4.98 Å². The van der Waals surface area contributed by atoms with E-state index in [1.54, 1.807) is 13.8 Å². The van der Waals surface area contributed by atoms with E-state index in [4.69, 9.17) is 0 Å². The summed E-state index contributed by atoms with van der Waals surface area (Å²) in [5.74, 6) is -0.960. The van der Waals surface area contributed by atoms with Crippen LogP contribution in [0.15, 0.2) is 10.5 Å². The molecule has 1 aromatic heterocycles. The Balaban J connectivity index is 1.61. The first-order valence-corrected chi connectivity index (χ1v) is 12.6. The molecule has 2 aliphatic rings. The monoisotopic (exact) mass is 444 g/mol. The number of sulfone groups is 1. The van der Waals surface area contributed by atoms with Crippen molar-refractivity contribution < 1.29 is 18.3 Å². The van der Waals surface area contributed by atoms with E-state index in [2.05, 4.69) is 11.1 Å². The zero-order valence-electron chi connectivity index (χ0n) is 17.1. The fourth-order valence-electron chi connectivity index (χ4n) is 4.62. The summed E-state index contributed by atoms with van der Waals surface area (Å²) in [6.45, 7) is 3.13. The third-order valence-corrected chi connectivity index (χ3v) is 9.41. The van der Waals surface area contributed by atoms with Crippen molar-refractivity contribution >= 4 is 27.0 Å². The molecule has 4 rings (SSSR count). The molecule has 158 valence electrons. The Morgan fingerprint density at radius 1 is 1.17 bits per heavy atom. The number of nitriles is 1. The molecule has 0 saturated carbocycles. The number of hydrogen-bond acceptors (Lipinski definition) is 7. The van der Waals surface area contributed by atoms with Crippen LogP contribution in [0, 0.1) is 11.3 Å². The van der Waals surface area contributed by atoms with Crippen molar-refractivity contribution in [3.63, 3.8) is 0 Å².